The summed E-state index contributed by atoms with van der Waals surface area (Å²) in [5, 5.41) is 9.78. The third kappa shape index (κ3) is 3.55. The van der Waals surface area contributed by atoms with Gasteiger partial charge in [-0.05, 0) is 30.9 Å². The lowest BCUT2D eigenvalue weighted by Crippen LogP contribution is -2.40. The Labute approximate surface area is 110 Å². The maximum Gasteiger partial charge on any atom is 0.0541 e. The van der Waals surface area contributed by atoms with Crippen molar-refractivity contribution in [2.24, 2.45) is 5.73 Å². The molecular weight excluding hydrogens is 226 g/mol. The molecule has 0 heterocycles. The van der Waals surface area contributed by atoms with E-state index in [1.54, 1.807) is 0 Å². The average molecular weight is 251 g/mol. The van der Waals surface area contributed by atoms with E-state index >= 15 is 0 Å². The maximum atomic E-state index is 9.78. The van der Waals surface area contributed by atoms with Gasteiger partial charge in [-0.15, -0.1) is 0 Å². The van der Waals surface area contributed by atoms with Gasteiger partial charge in [-0.25, -0.2) is 0 Å². The van der Waals surface area contributed by atoms with Crippen molar-refractivity contribution in [3.8, 4) is 0 Å². The van der Waals surface area contributed by atoms with Crippen molar-refractivity contribution in [2.75, 3.05) is 26.4 Å². The molecule has 0 saturated carbocycles. The maximum absolute atomic E-state index is 9.78. The molecule has 0 aromatic heterocycles. The normalized spacial score (nSPS) is 14.4. The molecule has 0 spiro atoms. The van der Waals surface area contributed by atoms with E-state index in [0.29, 0.717) is 13.2 Å². The van der Waals surface area contributed by atoms with Gasteiger partial charge in [0, 0.05) is 25.2 Å². The molecule has 1 rings (SSSR count). The molecule has 0 bridgehead atoms. The van der Waals surface area contributed by atoms with Crippen molar-refractivity contribution in [3.05, 3.63) is 35.4 Å². The Balaban J connectivity index is 2.83. The summed E-state index contributed by atoms with van der Waals surface area (Å²) < 4.78 is 5.54. The van der Waals surface area contributed by atoms with Crippen LogP contribution < -0.4 is 5.73 Å². The van der Waals surface area contributed by atoms with E-state index in [-0.39, 0.29) is 12.0 Å². The summed E-state index contributed by atoms with van der Waals surface area (Å²) in [7, 11) is 0. The number of aliphatic hydroxyl groups is 1. The van der Waals surface area contributed by atoms with Gasteiger partial charge >= 0.3 is 0 Å². The van der Waals surface area contributed by atoms with Gasteiger partial charge in [-0.3, -0.25) is 0 Å². The van der Waals surface area contributed by atoms with E-state index in [9.17, 15) is 5.11 Å². The minimum absolute atomic E-state index is 0.0594. The Morgan fingerprint density at radius 1 is 1.28 bits per heavy atom. The van der Waals surface area contributed by atoms with Crippen LogP contribution in [0.1, 0.15) is 30.9 Å². The van der Waals surface area contributed by atoms with E-state index in [1.165, 1.54) is 5.56 Å². The Bertz CT molecular complexity index is 348. The summed E-state index contributed by atoms with van der Waals surface area (Å²) in [6, 6.07) is 8.11. The molecule has 3 nitrogen and oxygen atoms in total. The first-order valence-electron chi connectivity index (χ1n) is 6.65. The highest BCUT2D eigenvalue weighted by atomic mass is 16.5. The Kier molecular flexibility index (Phi) is 6.33. The molecule has 1 unspecified atom stereocenters. The van der Waals surface area contributed by atoms with Gasteiger partial charge in [0.25, 0.3) is 0 Å². The van der Waals surface area contributed by atoms with Crippen LogP contribution in [0.5, 0.6) is 0 Å². The van der Waals surface area contributed by atoms with Crippen LogP contribution in [0.2, 0.25) is 0 Å². The summed E-state index contributed by atoms with van der Waals surface area (Å²) >= 11 is 0. The lowest BCUT2D eigenvalue weighted by molar-refractivity contribution is 0.0949. The van der Waals surface area contributed by atoms with Crippen LogP contribution in [0.15, 0.2) is 24.3 Å². The van der Waals surface area contributed by atoms with Gasteiger partial charge in [-0.1, -0.05) is 31.2 Å². The second-order valence-corrected chi connectivity index (χ2v) is 4.82. The summed E-state index contributed by atoms with van der Waals surface area (Å²) in [4.78, 5) is 0. The van der Waals surface area contributed by atoms with E-state index in [2.05, 4.69) is 26.0 Å². The van der Waals surface area contributed by atoms with Gasteiger partial charge in [0.1, 0.15) is 0 Å². The van der Waals surface area contributed by atoms with E-state index in [4.69, 9.17) is 10.5 Å². The zero-order valence-electron chi connectivity index (χ0n) is 11.5. The molecule has 0 saturated heterocycles. The first kappa shape index (κ1) is 15.2. The highest BCUT2D eigenvalue weighted by Crippen LogP contribution is 2.29. The van der Waals surface area contributed by atoms with Crippen molar-refractivity contribution in [2.45, 2.75) is 32.1 Å². The second kappa shape index (κ2) is 7.52. The van der Waals surface area contributed by atoms with Crippen molar-refractivity contribution < 1.29 is 9.84 Å². The van der Waals surface area contributed by atoms with Gasteiger partial charge in [0.05, 0.1) is 6.61 Å². The number of nitrogens with two attached hydrogens (primary N) is 1. The van der Waals surface area contributed by atoms with Crippen molar-refractivity contribution in [3.63, 3.8) is 0 Å². The minimum atomic E-state index is -0.376. The number of hydrogen-bond acceptors (Lipinski definition) is 3. The van der Waals surface area contributed by atoms with E-state index in [1.807, 2.05) is 12.1 Å². The number of aryl methyl sites for hydroxylation is 1. The third-order valence-electron chi connectivity index (χ3n) is 3.48. The van der Waals surface area contributed by atoms with Crippen molar-refractivity contribution >= 4 is 0 Å². The summed E-state index contributed by atoms with van der Waals surface area (Å²) in [5.41, 5.74) is 7.85. The second-order valence-electron chi connectivity index (χ2n) is 4.82. The fourth-order valence-corrected chi connectivity index (χ4v) is 2.26. The number of rotatable bonds is 8. The fourth-order valence-electron chi connectivity index (χ4n) is 2.26. The lowest BCUT2D eigenvalue weighted by Gasteiger charge is -2.32. The number of ether oxygens (including phenoxy) is 1. The fraction of sp³-hybridized carbons (Fsp3) is 0.600. The predicted molar refractivity (Wildman–Crippen MR) is 74.7 cm³/mol. The van der Waals surface area contributed by atoms with Crippen molar-refractivity contribution in [1.29, 1.82) is 0 Å². The minimum Gasteiger partial charge on any atom is -0.395 e. The van der Waals surface area contributed by atoms with Crippen LogP contribution in [-0.2, 0) is 10.2 Å². The zero-order chi connectivity index (χ0) is 13.4. The molecule has 1 aromatic carbocycles. The van der Waals surface area contributed by atoms with Gasteiger partial charge in [-0.2, -0.15) is 0 Å². The standard InChI is InChI=1S/C15H25NO2/c1-3-9-18-10-8-15(11-16,12-17)14-7-5-4-6-13(14)2/h4-7,17H,3,8-12,16H2,1-2H3. The molecule has 3 heteroatoms. The van der Waals surface area contributed by atoms with Crippen LogP contribution in [-0.4, -0.2) is 31.5 Å². The molecule has 0 aliphatic carbocycles. The van der Waals surface area contributed by atoms with Gasteiger partial charge < -0.3 is 15.6 Å². The molecule has 3 N–H and O–H groups in total. The monoisotopic (exact) mass is 251 g/mol. The quantitative estimate of drug-likeness (QED) is 0.695. The molecule has 1 atom stereocenters. The third-order valence-corrected chi connectivity index (χ3v) is 3.48. The molecule has 1 aromatic rings. The molecule has 0 amide bonds. The highest BCUT2D eigenvalue weighted by Gasteiger charge is 2.31. The Hall–Kier alpha value is -0.900. The van der Waals surface area contributed by atoms with Gasteiger partial charge in [0.2, 0.25) is 0 Å². The Morgan fingerprint density at radius 2 is 2.00 bits per heavy atom. The number of aliphatic hydroxyl groups excluding tert-OH is 1. The summed E-state index contributed by atoms with van der Waals surface area (Å²) in [5.74, 6) is 0. The SMILES string of the molecule is CCCOCCC(CN)(CO)c1ccccc1C. The van der Waals surface area contributed by atoms with Crippen molar-refractivity contribution in [1.82, 2.24) is 0 Å². The summed E-state index contributed by atoms with van der Waals surface area (Å²) in [6.45, 7) is 6.04. The molecule has 102 valence electrons. The zero-order valence-corrected chi connectivity index (χ0v) is 11.5. The Morgan fingerprint density at radius 3 is 2.56 bits per heavy atom. The van der Waals surface area contributed by atoms with Crippen LogP contribution in [0, 0.1) is 6.92 Å². The number of hydrogen-bond donors (Lipinski definition) is 2. The van der Waals surface area contributed by atoms with E-state index < -0.39 is 0 Å². The summed E-state index contributed by atoms with van der Waals surface area (Å²) in [6.07, 6.45) is 1.77. The molecule has 0 fully saturated rings. The lowest BCUT2D eigenvalue weighted by atomic mass is 9.76. The topological polar surface area (TPSA) is 55.5 Å². The average Bonchev–Trinajstić information content (AvgIpc) is 2.41. The highest BCUT2D eigenvalue weighted by molar-refractivity contribution is 5.34. The molecular formula is C15H25NO2. The van der Waals surface area contributed by atoms with Crippen LogP contribution >= 0.6 is 0 Å². The smallest absolute Gasteiger partial charge is 0.0541 e. The van der Waals surface area contributed by atoms with Crippen LogP contribution in [0.4, 0.5) is 0 Å². The van der Waals surface area contributed by atoms with Crippen LogP contribution in [0.25, 0.3) is 0 Å². The number of benzene rings is 1. The predicted octanol–water partition coefficient (Wildman–Crippen LogP) is 2.00. The first-order chi connectivity index (χ1) is 8.70. The molecule has 18 heavy (non-hydrogen) atoms. The first-order valence-corrected chi connectivity index (χ1v) is 6.65. The molecule has 0 radical (unpaired) electrons. The van der Waals surface area contributed by atoms with Gasteiger partial charge in [0.15, 0.2) is 0 Å². The van der Waals surface area contributed by atoms with Crippen LogP contribution in [0.3, 0.4) is 0 Å². The molecule has 0 aliphatic rings. The molecule has 0 aliphatic heterocycles. The largest absolute Gasteiger partial charge is 0.395 e. The van der Waals surface area contributed by atoms with E-state index in [0.717, 1.165) is 25.0 Å².